The third-order valence-electron chi connectivity index (χ3n) is 6.02. The van der Waals surface area contributed by atoms with E-state index >= 15 is 0 Å². The number of Topliss-reactive ketones (excluding diaryl/α,β-unsaturated/α-hetero) is 2. The zero-order valence-corrected chi connectivity index (χ0v) is 20.4. The Balaban J connectivity index is 1.39. The minimum absolute atomic E-state index is 0.0231. The molecule has 1 aromatic heterocycles. The molecule has 0 bridgehead atoms. The molecule has 1 N–H and O–H groups in total. The maximum atomic E-state index is 13.6. The quantitative estimate of drug-likeness (QED) is 0.322. The van der Waals surface area contributed by atoms with Crippen LogP contribution in [0.3, 0.4) is 0 Å². The van der Waals surface area contributed by atoms with Crippen molar-refractivity contribution < 1.29 is 22.2 Å². The number of allylic oxidation sites excluding steroid dienone is 2. The maximum Gasteiger partial charge on any atom is 0.339 e. The van der Waals surface area contributed by atoms with E-state index < -0.39 is 10.1 Å². The lowest BCUT2D eigenvalue weighted by atomic mass is 9.90. The van der Waals surface area contributed by atoms with E-state index in [1.165, 1.54) is 28.9 Å². The number of nitrogens with one attached hydrogen (secondary N) is 1. The molecule has 0 aliphatic heterocycles. The van der Waals surface area contributed by atoms with Gasteiger partial charge in [0.2, 0.25) is 11.6 Å². The minimum atomic E-state index is -4.01. The minimum Gasteiger partial charge on any atom is -0.379 e. The molecule has 0 spiro atoms. The van der Waals surface area contributed by atoms with Gasteiger partial charge in [0.1, 0.15) is 27.6 Å². The van der Waals surface area contributed by atoms with Crippen LogP contribution in [0.2, 0.25) is 0 Å². The fourth-order valence-electron chi connectivity index (χ4n) is 4.21. The van der Waals surface area contributed by atoms with Crippen molar-refractivity contribution in [1.82, 2.24) is 15.0 Å². The van der Waals surface area contributed by atoms with Crippen molar-refractivity contribution in [3.8, 4) is 5.75 Å². The second-order valence-corrected chi connectivity index (χ2v) is 9.96. The van der Waals surface area contributed by atoms with Gasteiger partial charge in [0.05, 0.1) is 5.52 Å². The number of hydrogen-bond acceptors (Lipinski definition) is 8. The molecule has 0 amide bonds. The number of hydrogen-bond donors (Lipinski definition) is 1. The summed E-state index contributed by atoms with van der Waals surface area (Å²) >= 11 is 0. The number of anilines is 1. The van der Waals surface area contributed by atoms with Crippen molar-refractivity contribution >= 4 is 44.1 Å². The number of benzene rings is 4. The molecule has 1 heterocycles. The molecule has 0 fully saturated rings. The topological polar surface area (TPSA) is 120 Å². The Labute approximate surface area is 217 Å². The molecular formula is C28H18N4O5S. The number of para-hydroxylation sites is 1. The summed E-state index contributed by atoms with van der Waals surface area (Å²) < 4.78 is 31.7. The highest BCUT2D eigenvalue weighted by atomic mass is 32.2. The van der Waals surface area contributed by atoms with Crippen molar-refractivity contribution in [3.05, 3.63) is 120 Å². The fourth-order valence-corrected chi connectivity index (χ4v) is 5.17. The largest absolute Gasteiger partial charge is 0.379 e. The Morgan fingerprint density at radius 1 is 0.711 bits per heavy atom. The summed E-state index contributed by atoms with van der Waals surface area (Å²) in [4.78, 5) is 27.2. The Hall–Kier alpha value is -5.09. The van der Waals surface area contributed by atoms with Crippen LogP contribution in [0.1, 0.15) is 20.7 Å². The number of aromatic nitrogens is 3. The van der Waals surface area contributed by atoms with Gasteiger partial charge in [-0.2, -0.15) is 8.42 Å². The summed E-state index contributed by atoms with van der Waals surface area (Å²) in [5.41, 5.74) is 2.17. The first-order valence-electron chi connectivity index (χ1n) is 11.5. The predicted molar refractivity (Wildman–Crippen MR) is 140 cm³/mol. The molecule has 1 aliphatic carbocycles. The molecule has 5 aromatic rings. The predicted octanol–water partition coefficient (Wildman–Crippen LogP) is 4.56. The molecule has 9 nitrogen and oxygen atoms in total. The molecule has 0 unspecified atom stereocenters. The van der Waals surface area contributed by atoms with Crippen molar-refractivity contribution in [2.45, 2.75) is 4.90 Å². The fraction of sp³-hybridized carbons (Fsp3) is 0. The van der Waals surface area contributed by atoms with Crippen molar-refractivity contribution in [2.75, 3.05) is 5.32 Å². The number of fused-ring (bicyclic) bond motifs is 2. The molecule has 6 rings (SSSR count). The highest BCUT2D eigenvalue weighted by molar-refractivity contribution is 7.87. The van der Waals surface area contributed by atoms with Crippen LogP contribution in [0.25, 0.3) is 16.7 Å². The summed E-state index contributed by atoms with van der Waals surface area (Å²) in [6.45, 7) is 0. The van der Waals surface area contributed by atoms with E-state index in [1.807, 2.05) is 0 Å². The van der Waals surface area contributed by atoms with Crippen LogP contribution >= 0.6 is 0 Å². The van der Waals surface area contributed by atoms with E-state index in [0.29, 0.717) is 16.7 Å². The van der Waals surface area contributed by atoms with Gasteiger partial charge in [-0.15, -0.1) is 5.10 Å². The lowest BCUT2D eigenvalue weighted by molar-refractivity contribution is 0.0988. The zero-order valence-electron chi connectivity index (χ0n) is 19.6. The molecular weight excluding hydrogens is 504 g/mol. The van der Waals surface area contributed by atoms with Gasteiger partial charge in [-0.05, 0) is 48.5 Å². The Morgan fingerprint density at radius 3 is 2.08 bits per heavy atom. The first-order valence-corrected chi connectivity index (χ1v) is 12.9. The standard InChI is InChI=1S/C28H18N4O5S/c33-27-21-10-4-5-11-22(21)28(34)26(32-24-13-7-6-12-23(24)30-31-32)25(27)29-18-14-16-19(17-15-18)37-38(35,36)20-8-2-1-3-9-20/h1-17,29H. The summed E-state index contributed by atoms with van der Waals surface area (Å²) in [7, 11) is -4.01. The number of rotatable bonds is 6. The van der Waals surface area contributed by atoms with E-state index in [9.17, 15) is 18.0 Å². The van der Waals surface area contributed by atoms with Crippen molar-refractivity contribution in [1.29, 1.82) is 0 Å². The Morgan fingerprint density at radius 2 is 1.34 bits per heavy atom. The van der Waals surface area contributed by atoms with Gasteiger partial charge >= 0.3 is 10.1 Å². The van der Waals surface area contributed by atoms with E-state index in [2.05, 4.69) is 15.6 Å². The van der Waals surface area contributed by atoms with Gasteiger partial charge in [0.15, 0.2) is 0 Å². The van der Waals surface area contributed by atoms with Gasteiger partial charge < -0.3 is 9.50 Å². The Bertz CT molecular complexity index is 1860. The number of carbonyl (C=O) groups is 2. The van der Waals surface area contributed by atoms with Crippen LogP contribution in [0.15, 0.2) is 114 Å². The van der Waals surface area contributed by atoms with Gasteiger partial charge in [-0.1, -0.05) is 59.8 Å². The monoisotopic (exact) mass is 522 g/mol. The third kappa shape index (κ3) is 4.02. The summed E-state index contributed by atoms with van der Waals surface area (Å²) in [5.74, 6) is -0.679. The number of ketones is 2. The lowest BCUT2D eigenvalue weighted by Gasteiger charge is -2.22. The normalized spacial score (nSPS) is 13.5. The lowest BCUT2D eigenvalue weighted by Crippen LogP contribution is -2.28. The molecule has 186 valence electrons. The average Bonchev–Trinajstić information content (AvgIpc) is 3.37. The highest BCUT2D eigenvalue weighted by Crippen LogP contribution is 2.32. The first-order chi connectivity index (χ1) is 18.4. The van der Waals surface area contributed by atoms with Crippen LogP contribution in [-0.2, 0) is 10.1 Å². The summed E-state index contributed by atoms with van der Waals surface area (Å²) in [6.07, 6.45) is 0. The second-order valence-electron chi connectivity index (χ2n) is 8.42. The van der Waals surface area contributed by atoms with Crippen LogP contribution in [0.4, 0.5) is 5.69 Å². The van der Waals surface area contributed by atoms with Gasteiger partial charge in [0.25, 0.3) is 0 Å². The van der Waals surface area contributed by atoms with Gasteiger partial charge in [-0.3, -0.25) is 9.59 Å². The van der Waals surface area contributed by atoms with Crippen LogP contribution in [0.5, 0.6) is 5.75 Å². The number of carbonyl (C=O) groups excluding carboxylic acids is 2. The molecule has 0 radical (unpaired) electrons. The van der Waals surface area contributed by atoms with E-state index in [1.54, 1.807) is 78.9 Å². The van der Waals surface area contributed by atoms with E-state index in [-0.39, 0.29) is 44.7 Å². The van der Waals surface area contributed by atoms with Crippen LogP contribution in [-0.4, -0.2) is 35.0 Å². The van der Waals surface area contributed by atoms with Crippen molar-refractivity contribution in [3.63, 3.8) is 0 Å². The molecule has 10 heteroatoms. The van der Waals surface area contributed by atoms with Gasteiger partial charge in [-0.25, -0.2) is 4.68 Å². The van der Waals surface area contributed by atoms with Crippen LogP contribution < -0.4 is 9.50 Å². The highest BCUT2D eigenvalue weighted by Gasteiger charge is 2.34. The van der Waals surface area contributed by atoms with E-state index in [0.717, 1.165) is 0 Å². The molecule has 4 aromatic carbocycles. The molecule has 1 aliphatic rings. The van der Waals surface area contributed by atoms with E-state index in [4.69, 9.17) is 4.18 Å². The second kappa shape index (κ2) is 9.09. The molecule has 0 atom stereocenters. The summed E-state index contributed by atoms with van der Waals surface area (Å²) in [6, 6.07) is 27.5. The van der Waals surface area contributed by atoms with Gasteiger partial charge in [0, 0.05) is 16.8 Å². The number of nitrogens with zero attached hydrogens (tertiary/aromatic N) is 3. The smallest absolute Gasteiger partial charge is 0.339 e. The Kier molecular flexibility index (Phi) is 5.58. The van der Waals surface area contributed by atoms with Crippen molar-refractivity contribution in [2.24, 2.45) is 0 Å². The SMILES string of the molecule is O=C1C(Nc2ccc(OS(=O)(=O)c3ccccc3)cc2)=C(n2nnc3ccccc32)C(=O)c2ccccc21. The maximum absolute atomic E-state index is 13.6. The molecule has 38 heavy (non-hydrogen) atoms. The third-order valence-corrected chi connectivity index (χ3v) is 7.28. The average molecular weight is 523 g/mol. The zero-order chi connectivity index (χ0) is 26.3. The molecule has 0 saturated heterocycles. The first kappa shape index (κ1) is 23.3. The summed E-state index contributed by atoms with van der Waals surface area (Å²) in [5, 5.41) is 11.3. The molecule has 0 saturated carbocycles. The van der Waals surface area contributed by atoms with Crippen LogP contribution in [0, 0.1) is 0 Å².